The average molecular weight is 379 g/mol. The van der Waals surface area contributed by atoms with Crippen LogP contribution >= 0.6 is 11.6 Å². The molecule has 0 aliphatic rings. The zero-order valence-corrected chi connectivity index (χ0v) is 15.5. The van der Waals surface area contributed by atoms with Crippen molar-refractivity contribution in [2.45, 2.75) is 18.7 Å². The Hall–Kier alpha value is -2.15. The van der Waals surface area contributed by atoms with Gasteiger partial charge in [0.15, 0.2) is 0 Å². The zero-order valence-electron chi connectivity index (χ0n) is 13.9. The van der Waals surface area contributed by atoms with Crippen molar-refractivity contribution in [1.29, 1.82) is 0 Å². The summed E-state index contributed by atoms with van der Waals surface area (Å²) in [4.78, 5) is 12.1. The minimum Gasteiger partial charge on any atom is -0.322 e. The highest BCUT2D eigenvalue weighted by molar-refractivity contribution is 7.89. The second-order valence-electron chi connectivity index (χ2n) is 5.36. The van der Waals surface area contributed by atoms with Crippen LogP contribution in [0.15, 0.2) is 53.4 Å². The van der Waals surface area contributed by atoms with Gasteiger partial charge in [0.2, 0.25) is 15.9 Å². The molecule has 0 aliphatic heterocycles. The van der Waals surface area contributed by atoms with Gasteiger partial charge in [-0.15, -0.1) is 0 Å². The van der Waals surface area contributed by atoms with Gasteiger partial charge in [-0.2, -0.15) is 0 Å². The molecule has 0 heterocycles. The van der Waals surface area contributed by atoms with Crippen LogP contribution in [-0.2, 0) is 14.8 Å². The lowest BCUT2D eigenvalue weighted by Gasteiger charge is -2.05. The second-order valence-corrected chi connectivity index (χ2v) is 7.53. The number of amides is 1. The molecule has 25 heavy (non-hydrogen) atoms. The standard InChI is InChI=1S/C18H19ClN2O3S/c1-3-20-25(23,24)16-9-5-14(6-10-16)7-11-18(22)21-15-8-4-13(2)17(19)12-15/h4-12,20H,3H2,1-2H3,(H,21,22)/b11-7+. The third kappa shape index (κ3) is 5.42. The van der Waals surface area contributed by atoms with Crippen LogP contribution in [0.4, 0.5) is 5.69 Å². The highest BCUT2D eigenvalue weighted by Crippen LogP contribution is 2.20. The molecule has 5 nitrogen and oxygen atoms in total. The summed E-state index contributed by atoms with van der Waals surface area (Å²) in [5, 5.41) is 3.30. The summed E-state index contributed by atoms with van der Waals surface area (Å²) in [6, 6.07) is 11.5. The Morgan fingerprint density at radius 3 is 2.44 bits per heavy atom. The van der Waals surface area contributed by atoms with Gasteiger partial charge in [0.05, 0.1) is 4.90 Å². The molecule has 0 fully saturated rings. The van der Waals surface area contributed by atoms with Crippen LogP contribution in [0.25, 0.3) is 6.08 Å². The van der Waals surface area contributed by atoms with Crippen molar-refractivity contribution in [2.24, 2.45) is 0 Å². The predicted molar refractivity (Wildman–Crippen MR) is 101 cm³/mol. The minimum absolute atomic E-state index is 0.185. The molecular formula is C18H19ClN2O3S. The van der Waals surface area contributed by atoms with Crippen LogP contribution in [0, 0.1) is 6.92 Å². The first kappa shape index (κ1) is 19.2. The van der Waals surface area contributed by atoms with Crippen molar-refractivity contribution in [1.82, 2.24) is 4.72 Å². The predicted octanol–water partition coefficient (Wildman–Crippen LogP) is 3.60. The van der Waals surface area contributed by atoms with Gasteiger partial charge in [-0.1, -0.05) is 36.7 Å². The summed E-state index contributed by atoms with van der Waals surface area (Å²) >= 11 is 6.02. The number of sulfonamides is 1. The minimum atomic E-state index is -3.47. The number of hydrogen-bond acceptors (Lipinski definition) is 3. The molecular weight excluding hydrogens is 360 g/mol. The zero-order chi connectivity index (χ0) is 18.4. The van der Waals surface area contributed by atoms with Crippen molar-refractivity contribution in [3.8, 4) is 0 Å². The summed E-state index contributed by atoms with van der Waals surface area (Å²) in [5.41, 5.74) is 2.26. The number of carbonyl (C=O) groups excluding carboxylic acids is 1. The Labute approximate surface area is 152 Å². The molecule has 0 saturated carbocycles. The summed E-state index contributed by atoms with van der Waals surface area (Å²) < 4.78 is 26.1. The SMILES string of the molecule is CCNS(=O)(=O)c1ccc(/C=C/C(=O)Nc2ccc(C)c(Cl)c2)cc1. The van der Waals surface area contributed by atoms with Gasteiger partial charge in [0.1, 0.15) is 0 Å². The van der Waals surface area contributed by atoms with E-state index in [4.69, 9.17) is 11.6 Å². The first-order chi connectivity index (χ1) is 11.8. The van der Waals surface area contributed by atoms with Crippen molar-refractivity contribution >= 4 is 39.3 Å². The van der Waals surface area contributed by atoms with Gasteiger partial charge in [0, 0.05) is 23.3 Å². The molecule has 0 saturated heterocycles. The number of rotatable bonds is 6. The van der Waals surface area contributed by atoms with E-state index in [0.717, 1.165) is 5.56 Å². The number of benzene rings is 2. The van der Waals surface area contributed by atoms with Gasteiger partial charge in [-0.05, 0) is 48.4 Å². The third-order valence-corrected chi connectivity index (χ3v) is 5.36. The molecule has 7 heteroatoms. The van der Waals surface area contributed by atoms with E-state index in [1.165, 1.54) is 18.2 Å². The van der Waals surface area contributed by atoms with Crippen LogP contribution < -0.4 is 10.0 Å². The van der Waals surface area contributed by atoms with Gasteiger partial charge in [0.25, 0.3) is 0 Å². The Balaban J connectivity index is 2.03. The van der Waals surface area contributed by atoms with Gasteiger partial charge < -0.3 is 5.32 Å². The van der Waals surface area contributed by atoms with Crippen molar-refractivity contribution < 1.29 is 13.2 Å². The Kier molecular flexibility index (Phi) is 6.36. The molecule has 2 aromatic carbocycles. The maximum atomic E-state index is 11.9. The molecule has 0 spiro atoms. The average Bonchev–Trinajstić information content (AvgIpc) is 2.57. The lowest BCUT2D eigenvalue weighted by atomic mass is 10.2. The fourth-order valence-electron chi connectivity index (χ4n) is 2.06. The maximum absolute atomic E-state index is 11.9. The number of halogens is 1. The Bertz CT molecular complexity index is 891. The van der Waals surface area contributed by atoms with Crippen LogP contribution in [0.3, 0.4) is 0 Å². The summed E-state index contributed by atoms with van der Waals surface area (Å²) in [6.45, 7) is 3.93. The highest BCUT2D eigenvalue weighted by Gasteiger charge is 2.11. The van der Waals surface area contributed by atoms with E-state index in [1.807, 2.05) is 13.0 Å². The van der Waals surface area contributed by atoms with Crippen molar-refractivity contribution in [2.75, 3.05) is 11.9 Å². The van der Waals surface area contributed by atoms with E-state index in [0.29, 0.717) is 22.8 Å². The number of hydrogen-bond donors (Lipinski definition) is 2. The highest BCUT2D eigenvalue weighted by atomic mass is 35.5. The lowest BCUT2D eigenvalue weighted by Crippen LogP contribution is -2.22. The van der Waals surface area contributed by atoms with E-state index < -0.39 is 10.0 Å². The van der Waals surface area contributed by atoms with Crippen LogP contribution in [-0.4, -0.2) is 20.9 Å². The number of carbonyl (C=O) groups is 1. The van der Waals surface area contributed by atoms with Gasteiger partial charge in [-0.3, -0.25) is 4.79 Å². The first-order valence-electron chi connectivity index (χ1n) is 7.67. The summed E-state index contributed by atoms with van der Waals surface area (Å²) in [5.74, 6) is -0.302. The van der Waals surface area contributed by atoms with Gasteiger partial charge in [-0.25, -0.2) is 13.1 Å². The Morgan fingerprint density at radius 1 is 1.16 bits per heavy atom. The number of anilines is 1. The quantitative estimate of drug-likeness (QED) is 0.754. The van der Waals surface area contributed by atoms with E-state index in [2.05, 4.69) is 10.0 Å². The normalized spacial score (nSPS) is 11.6. The topological polar surface area (TPSA) is 75.3 Å². The second kappa shape index (κ2) is 8.29. The summed E-state index contributed by atoms with van der Waals surface area (Å²) in [7, 11) is -3.47. The van der Waals surface area contributed by atoms with E-state index in [1.54, 1.807) is 37.3 Å². The number of nitrogens with one attached hydrogen (secondary N) is 2. The smallest absolute Gasteiger partial charge is 0.248 e. The molecule has 132 valence electrons. The molecule has 0 atom stereocenters. The van der Waals surface area contributed by atoms with E-state index >= 15 is 0 Å². The lowest BCUT2D eigenvalue weighted by molar-refractivity contribution is -0.111. The van der Waals surface area contributed by atoms with Crippen molar-refractivity contribution in [3.63, 3.8) is 0 Å². The van der Waals surface area contributed by atoms with E-state index in [-0.39, 0.29) is 10.8 Å². The van der Waals surface area contributed by atoms with Crippen LogP contribution in [0.1, 0.15) is 18.1 Å². The molecule has 2 N–H and O–H groups in total. The monoisotopic (exact) mass is 378 g/mol. The molecule has 2 rings (SSSR count). The molecule has 0 aromatic heterocycles. The first-order valence-corrected chi connectivity index (χ1v) is 9.53. The molecule has 1 amide bonds. The molecule has 0 unspecified atom stereocenters. The summed E-state index contributed by atoms with van der Waals surface area (Å²) in [6.07, 6.45) is 2.98. The van der Waals surface area contributed by atoms with Crippen LogP contribution in [0.2, 0.25) is 5.02 Å². The van der Waals surface area contributed by atoms with Crippen LogP contribution in [0.5, 0.6) is 0 Å². The Morgan fingerprint density at radius 2 is 1.84 bits per heavy atom. The molecule has 0 radical (unpaired) electrons. The number of aryl methyl sites for hydroxylation is 1. The van der Waals surface area contributed by atoms with E-state index in [9.17, 15) is 13.2 Å². The largest absolute Gasteiger partial charge is 0.322 e. The fourth-order valence-corrected chi connectivity index (χ4v) is 3.28. The molecule has 0 bridgehead atoms. The fraction of sp³-hybridized carbons (Fsp3) is 0.167. The maximum Gasteiger partial charge on any atom is 0.248 e. The van der Waals surface area contributed by atoms with Crippen molar-refractivity contribution in [3.05, 3.63) is 64.7 Å². The molecule has 2 aromatic rings. The third-order valence-electron chi connectivity index (χ3n) is 3.39. The van der Waals surface area contributed by atoms with Gasteiger partial charge >= 0.3 is 0 Å². The molecule has 0 aliphatic carbocycles.